The van der Waals surface area contributed by atoms with Gasteiger partial charge in [0.15, 0.2) is 0 Å². The van der Waals surface area contributed by atoms with Crippen LogP contribution in [0.1, 0.15) is 29.3 Å². The smallest absolute Gasteiger partial charge is 0.238 e. The molecular formula is C17H14N4OS3. The van der Waals surface area contributed by atoms with E-state index in [1.807, 2.05) is 6.92 Å². The van der Waals surface area contributed by atoms with E-state index in [9.17, 15) is 4.79 Å². The number of amides is 1. The molecule has 1 atom stereocenters. The van der Waals surface area contributed by atoms with Gasteiger partial charge in [0.05, 0.1) is 10.8 Å². The lowest BCUT2D eigenvalue weighted by Crippen LogP contribution is -2.22. The minimum Gasteiger partial charge on any atom is -0.316 e. The molecule has 0 spiro atoms. The molecule has 0 fully saturated rings. The summed E-state index contributed by atoms with van der Waals surface area (Å²) in [7, 11) is 0. The summed E-state index contributed by atoms with van der Waals surface area (Å²) in [6.07, 6.45) is 4.94. The Bertz CT molecular complexity index is 1000. The summed E-state index contributed by atoms with van der Waals surface area (Å²) in [6, 6.07) is 3.80. The van der Waals surface area contributed by atoms with E-state index in [0.717, 1.165) is 28.1 Å². The fraction of sp³-hybridized carbons (Fsp3) is 0.294. The third-order valence-corrected chi connectivity index (χ3v) is 7.28. The van der Waals surface area contributed by atoms with E-state index in [1.54, 1.807) is 29.1 Å². The van der Waals surface area contributed by atoms with E-state index in [1.165, 1.54) is 40.0 Å². The van der Waals surface area contributed by atoms with Gasteiger partial charge in [-0.3, -0.25) is 4.79 Å². The second kappa shape index (κ2) is 6.75. The molecule has 0 bridgehead atoms. The zero-order chi connectivity index (χ0) is 17.4. The number of hydrogen-bond donors (Lipinski definition) is 1. The summed E-state index contributed by atoms with van der Waals surface area (Å²) >= 11 is 4.56. The Kier molecular flexibility index (Phi) is 4.46. The summed E-state index contributed by atoms with van der Waals surface area (Å²) < 4.78 is 0. The Balaban J connectivity index is 1.57. The molecule has 0 aliphatic heterocycles. The number of carbonyl (C=O) groups is 1. The number of fused-ring (bicyclic) bond motifs is 3. The van der Waals surface area contributed by atoms with Crippen molar-refractivity contribution in [3.8, 4) is 6.07 Å². The largest absolute Gasteiger partial charge is 0.316 e. The lowest BCUT2D eigenvalue weighted by Gasteiger charge is -2.11. The number of aromatic nitrogens is 2. The van der Waals surface area contributed by atoms with Gasteiger partial charge in [0.2, 0.25) is 5.91 Å². The average molecular weight is 387 g/mol. The molecule has 5 nitrogen and oxygen atoms in total. The minimum atomic E-state index is -0.316. The molecule has 25 heavy (non-hydrogen) atoms. The maximum Gasteiger partial charge on any atom is 0.238 e. The summed E-state index contributed by atoms with van der Waals surface area (Å²) in [5.41, 5.74) is 1.86. The molecule has 1 aliphatic rings. The van der Waals surface area contributed by atoms with Gasteiger partial charge in [-0.2, -0.15) is 5.26 Å². The summed E-state index contributed by atoms with van der Waals surface area (Å²) in [5.74, 6) is -0.123. The minimum absolute atomic E-state index is 0.123. The first-order valence-electron chi connectivity index (χ1n) is 7.87. The van der Waals surface area contributed by atoms with Gasteiger partial charge >= 0.3 is 0 Å². The average Bonchev–Trinajstić information content (AvgIpc) is 3.29. The van der Waals surface area contributed by atoms with Gasteiger partial charge in [0, 0.05) is 10.3 Å². The predicted molar refractivity (Wildman–Crippen MR) is 102 cm³/mol. The summed E-state index contributed by atoms with van der Waals surface area (Å²) in [4.78, 5) is 23.8. The van der Waals surface area contributed by atoms with Crippen LogP contribution in [0.3, 0.4) is 0 Å². The van der Waals surface area contributed by atoms with E-state index in [-0.39, 0.29) is 11.2 Å². The first-order valence-corrected chi connectivity index (χ1v) is 10.5. The molecule has 1 N–H and O–H groups in total. The number of rotatable bonds is 4. The van der Waals surface area contributed by atoms with Crippen LogP contribution in [-0.4, -0.2) is 21.1 Å². The Labute approximate surface area is 157 Å². The van der Waals surface area contributed by atoms with Gasteiger partial charge in [-0.05, 0) is 43.2 Å². The zero-order valence-corrected chi connectivity index (χ0v) is 15.9. The lowest BCUT2D eigenvalue weighted by atomic mass is 10.2. The molecular weight excluding hydrogens is 372 g/mol. The van der Waals surface area contributed by atoms with Crippen LogP contribution in [0.4, 0.5) is 5.00 Å². The van der Waals surface area contributed by atoms with Crippen LogP contribution in [0.5, 0.6) is 0 Å². The zero-order valence-electron chi connectivity index (χ0n) is 13.4. The number of thiophene rings is 2. The van der Waals surface area contributed by atoms with Crippen molar-refractivity contribution < 1.29 is 4.79 Å². The van der Waals surface area contributed by atoms with Gasteiger partial charge < -0.3 is 5.32 Å². The van der Waals surface area contributed by atoms with Crippen LogP contribution >= 0.6 is 34.4 Å². The fourth-order valence-corrected chi connectivity index (χ4v) is 5.90. The Morgan fingerprint density at radius 2 is 2.32 bits per heavy atom. The second-order valence-electron chi connectivity index (χ2n) is 5.74. The van der Waals surface area contributed by atoms with Gasteiger partial charge in [-0.1, -0.05) is 11.8 Å². The SMILES string of the molecule is C[C@@H](Sc1ncnc2sc3c(c12)CCC3)C(=O)Nc1sccc1C#N. The summed E-state index contributed by atoms with van der Waals surface area (Å²) in [5, 5.41) is 16.0. The molecule has 1 aliphatic carbocycles. The number of carbonyl (C=O) groups excluding carboxylic acids is 1. The summed E-state index contributed by atoms with van der Waals surface area (Å²) in [6.45, 7) is 1.86. The molecule has 3 heterocycles. The molecule has 0 unspecified atom stereocenters. The number of aryl methyl sites for hydroxylation is 2. The second-order valence-corrected chi connectivity index (χ2v) is 9.07. The molecule has 0 saturated heterocycles. The van der Waals surface area contributed by atoms with Gasteiger partial charge in [-0.25, -0.2) is 9.97 Å². The molecule has 3 aromatic rings. The molecule has 0 saturated carbocycles. The molecule has 0 aromatic carbocycles. The first-order chi connectivity index (χ1) is 12.2. The molecule has 0 radical (unpaired) electrons. The van der Waals surface area contributed by atoms with Crippen molar-refractivity contribution in [2.24, 2.45) is 0 Å². The lowest BCUT2D eigenvalue weighted by molar-refractivity contribution is -0.115. The number of anilines is 1. The van der Waals surface area contributed by atoms with Crippen molar-refractivity contribution in [3.05, 3.63) is 33.8 Å². The van der Waals surface area contributed by atoms with Gasteiger partial charge in [-0.15, -0.1) is 22.7 Å². The normalized spacial score (nSPS) is 14.2. The maximum atomic E-state index is 12.5. The number of thioether (sulfide) groups is 1. The van der Waals surface area contributed by atoms with Crippen LogP contribution in [0.15, 0.2) is 22.8 Å². The van der Waals surface area contributed by atoms with Crippen molar-refractivity contribution in [1.29, 1.82) is 5.26 Å². The standard InChI is InChI=1S/C17H14N4OS3/c1-9(14(22)21-15-10(7-18)5-6-23-15)24-16-13-11-3-2-4-12(11)25-17(13)20-8-19-16/h5-6,8-9H,2-4H2,1H3,(H,21,22)/t9-/m1/s1. The molecule has 1 amide bonds. The van der Waals surface area contributed by atoms with E-state index in [0.29, 0.717) is 10.6 Å². The molecule has 3 aromatic heterocycles. The topological polar surface area (TPSA) is 78.7 Å². The Hall–Kier alpha value is -1.95. The van der Waals surface area contributed by atoms with Crippen LogP contribution < -0.4 is 5.32 Å². The first kappa shape index (κ1) is 16.5. The van der Waals surface area contributed by atoms with Crippen LogP contribution in [0, 0.1) is 11.3 Å². The van der Waals surface area contributed by atoms with E-state index in [2.05, 4.69) is 21.4 Å². The van der Waals surface area contributed by atoms with Crippen LogP contribution in [-0.2, 0) is 17.6 Å². The molecule has 8 heteroatoms. The quantitative estimate of drug-likeness (QED) is 0.536. The highest BCUT2D eigenvalue weighted by molar-refractivity contribution is 8.00. The van der Waals surface area contributed by atoms with Crippen molar-refractivity contribution in [2.45, 2.75) is 36.5 Å². The Morgan fingerprint density at radius 3 is 3.16 bits per heavy atom. The number of nitrogens with one attached hydrogen (secondary N) is 1. The molecule has 4 rings (SSSR count). The third kappa shape index (κ3) is 3.03. The predicted octanol–water partition coefficient (Wildman–Crippen LogP) is 4.23. The van der Waals surface area contributed by atoms with Crippen LogP contribution in [0.2, 0.25) is 0 Å². The molecule has 126 valence electrons. The van der Waals surface area contributed by atoms with Crippen molar-refractivity contribution >= 4 is 55.6 Å². The Morgan fingerprint density at radius 1 is 1.44 bits per heavy atom. The van der Waals surface area contributed by atoms with Gasteiger partial charge in [0.1, 0.15) is 27.3 Å². The van der Waals surface area contributed by atoms with Gasteiger partial charge in [0.25, 0.3) is 0 Å². The van der Waals surface area contributed by atoms with Crippen molar-refractivity contribution in [3.63, 3.8) is 0 Å². The van der Waals surface area contributed by atoms with E-state index in [4.69, 9.17) is 5.26 Å². The number of nitrogens with zero attached hydrogens (tertiary/aromatic N) is 3. The monoisotopic (exact) mass is 386 g/mol. The van der Waals surface area contributed by atoms with E-state index >= 15 is 0 Å². The highest BCUT2D eigenvalue weighted by Gasteiger charge is 2.24. The van der Waals surface area contributed by atoms with Crippen molar-refractivity contribution in [1.82, 2.24) is 9.97 Å². The van der Waals surface area contributed by atoms with E-state index < -0.39 is 0 Å². The number of nitriles is 1. The number of hydrogen-bond acceptors (Lipinski definition) is 7. The van der Waals surface area contributed by atoms with Crippen molar-refractivity contribution in [2.75, 3.05) is 5.32 Å². The highest BCUT2D eigenvalue weighted by atomic mass is 32.2. The highest BCUT2D eigenvalue weighted by Crippen LogP contribution is 2.41. The third-order valence-electron chi connectivity index (χ3n) is 4.15. The maximum absolute atomic E-state index is 12.5. The van der Waals surface area contributed by atoms with Crippen LogP contribution in [0.25, 0.3) is 10.2 Å². The fourth-order valence-electron chi connectivity index (χ4n) is 2.92.